The van der Waals surface area contributed by atoms with Crippen LogP contribution in [0.2, 0.25) is 0 Å². The Bertz CT molecular complexity index is 664. The number of halogens is 1. The van der Waals surface area contributed by atoms with Gasteiger partial charge in [-0.1, -0.05) is 25.3 Å². The number of nitrogens with two attached hydrogens (primary N) is 2. The van der Waals surface area contributed by atoms with Gasteiger partial charge in [0.2, 0.25) is 0 Å². The molecule has 4 nitrogen and oxygen atoms in total. The van der Waals surface area contributed by atoms with E-state index in [-0.39, 0.29) is 5.82 Å². The van der Waals surface area contributed by atoms with Crippen molar-refractivity contribution < 1.29 is 4.39 Å². The second kappa shape index (κ2) is 7.93. The van der Waals surface area contributed by atoms with Gasteiger partial charge in [0.15, 0.2) is 0 Å². The van der Waals surface area contributed by atoms with Crippen LogP contribution >= 0.6 is 0 Å². The second-order valence-electron chi connectivity index (χ2n) is 6.27. The quantitative estimate of drug-likeness (QED) is 0.893. The molecule has 0 saturated carbocycles. The van der Waals surface area contributed by atoms with Crippen molar-refractivity contribution in [3.8, 4) is 0 Å². The largest absolute Gasteiger partial charge is 0.405 e. The van der Waals surface area contributed by atoms with E-state index in [0.29, 0.717) is 6.42 Å². The fourth-order valence-electron chi connectivity index (χ4n) is 2.38. The monoisotopic (exact) mass is 330 g/mol. The van der Waals surface area contributed by atoms with Gasteiger partial charge in [-0.15, -0.1) is 0 Å². The van der Waals surface area contributed by atoms with Crippen LogP contribution in [-0.2, 0) is 6.42 Å². The summed E-state index contributed by atoms with van der Waals surface area (Å²) in [5.41, 5.74) is 14.1. The topological polar surface area (TPSA) is 67.6 Å². The summed E-state index contributed by atoms with van der Waals surface area (Å²) in [4.78, 5) is 6.66. The molecule has 0 saturated heterocycles. The summed E-state index contributed by atoms with van der Waals surface area (Å²) in [5, 5.41) is 0. The van der Waals surface area contributed by atoms with Gasteiger partial charge in [0.05, 0.1) is 11.2 Å². The maximum atomic E-state index is 13.0. The third kappa shape index (κ3) is 4.80. The lowest BCUT2D eigenvalue weighted by molar-refractivity contribution is 0.535. The van der Waals surface area contributed by atoms with E-state index in [1.54, 1.807) is 12.1 Å². The molecule has 24 heavy (non-hydrogen) atoms. The van der Waals surface area contributed by atoms with Crippen molar-refractivity contribution in [1.29, 1.82) is 0 Å². The molecule has 1 heterocycles. The molecule has 4 N–H and O–H groups in total. The number of hydrogen-bond donors (Lipinski definition) is 2. The molecule has 0 bridgehead atoms. The number of allylic oxidation sites excluding steroid dienone is 2. The highest BCUT2D eigenvalue weighted by molar-refractivity contribution is 5.94. The summed E-state index contributed by atoms with van der Waals surface area (Å²) < 4.78 is 13.0. The predicted molar refractivity (Wildman–Crippen MR) is 99.8 cm³/mol. The summed E-state index contributed by atoms with van der Waals surface area (Å²) in [5.74, 6) is 0.555. The van der Waals surface area contributed by atoms with Gasteiger partial charge in [0.25, 0.3) is 0 Å². The molecule has 0 atom stereocenters. The summed E-state index contributed by atoms with van der Waals surface area (Å²) in [6, 6.07) is 6.48. The molecule has 0 unspecified atom stereocenters. The highest BCUT2D eigenvalue weighted by Gasteiger charge is 2.29. The number of likely N-dealkylation sites (N-methyl/N-ethyl adjacent to an activating group) is 1. The molecule has 1 aliphatic rings. The second-order valence-corrected chi connectivity index (χ2v) is 6.27. The molecule has 2 rings (SSSR count). The Kier molecular flexibility index (Phi) is 6.49. The molecule has 0 aromatic heterocycles. The third-order valence-electron chi connectivity index (χ3n) is 3.69. The van der Waals surface area contributed by atoms with Crippen LogP contribution in [0.15, 0.2) is 65.6 Å². The first-order chi connectivity index (χ1) is 11.1. The molecular formula is C19H27FN4. The van der Waals surface area contributed by atoms with Gasteiger partial charge in [0.1, 0.15) is 11.7 Å². The van der Waals surface area contributed by atoms with Gasteiger partial charge < -0.3 is 16.4 Å². The smallest absolute Gasteiger partial charge is 0.128 e. The maximum Gasteiger partial charge on any atom is 0.128 e. The van der Waals surface area contributed by atoms with E-state index in [0.717, 1.165) is 28.4 Å². The van der Waals surface area contributed by atoms with Gasteiger partial charge in [-0.25, -0.2) is 9.38 Å². The van der Waals surface area contributed by atoms with Crippen LogP contribution in [0.4, 0.5) is 4.39 Å². The minimum Gasteiger partial charge on any atom is -0.405 e. The van der Waals surface area contributed by atoms with E-state index in [2.05, 4.69) is 18.9 Å². The first-order valence-electron chi connectivity index (χ1n) is 7.69. The van der Waals surface area contributed by atoms with Crippen molar-refractivity contribution in [2.24, 2.45) is 16.5 Å². The summed E-state index contributed by atoms with van der Waals surface area (Å²) in [6.45, 7) is 13.1. The Morgan fingerprint density at radius 3 is 2.25 bits per heavy atom. The average Bonchev–Trinajstić information content (AvgIpc) is 2.49. The molecule has 1 aliphatic heterocycles. The molecule has 0 aliphatic carbocycles. The molecule has 0 radical (unpaired) electrons. The van der Waals surface area contributed by atoms with Gasteiger partial charge in [0, 0.05) is 19.2 Å². The molecule has 1 aromatic carbocycles. The van der Waals surface area contributed by atoms with Crippen molar-refractivity contribution in [2.75, 3.05) is 7.05 Å². The van der Waals surface area contributed by atoms with Crippen LogP contribution in [-0.4, -0.2) is 23.3 Å². The molecule has 0 amide bonds. The van der Waals surface area contributed by atoms with Gasteiger partial charge >= 0.3 is 0 Å². The van der Waals surface area contributed by atoms with Crippen LogP contribution < -0.4 is 11.5 Å². The number of benzene rings is 1. The Morgan fingerprint density at radius 2 is 1.79 bits per heavy atom. The fraction of sp³-hybridized carbons (Fsp3) is 0.316. The number of hydrogen-bond acceptors (Lipinski definition) is 4. The highest BCUT2D eigenvalue weighted by Crippen LogP contribution is 2.28. The van der Waals surface area contributed by atoms with Crippen molar-refractivity contribution in [2.45, 2.75) is 32.7 Å². The van der Waals surface area contributed by atoms with E-state index in [1.165, 1.54) is 18.3 Å². The first kappa shape index (κ1) is 19.6. The summed E-state index contributed by atoms with van der Waals surface area (Å²) in [7, 11) is 1.92. The number of aliphatic imine (C=N–C) groups is 1. The van der Waals surface area contributed by atoms with Gasteiger partial charge in [-0.2, -0.15) is 0 Å². The molecule has 130 valence electrons. The fourth-order valence-corrected chi connectivity index (χ4v) is 2.38. The van der Waals surface area contributed by atoms with Crippen LogP contribution in [0.25, 0.3) is 0 Å². The SMILES string of the molecule is C=C1C(C)=C(Cc2ccc(F)cc2)N=C(C(C)(C)N)N1C.C=CN. The van der Waals surface area contributed by atoms with E-state index in [9.17, 15) is 4.39 Å². The van der Waals surface area contributed by atoms with Gasteiger partial charge in [-0.3, -0.25) is 0 Å². The zero-order valence-electron chi connectivity index (χ0n) is 14.9. The zero-order chi connectivity index (χ0) is 18.5. The molecule has 0 spiro atoms. The molecule has 1 aromatic rings. The lowest BCUT2D eigenvalue weighted by Gasteiger charge is -2.36. The minimum absolute atomic E-state index is 0.232. The van der Waals surface area contributed by atoms with E-state index < -0.39 is 5.54 Å². The Labute approximate surface area is 144 Å². The average molecular weight is 330 g/mol. The van der Waals surface area contributed by atoms with Crippen LogP contribution in [0.3, 0.4) is 0 Å². The first-order valence-corrected chi connectivity index (χ1v) is 7.69. The van der Waals surface area contributed by atoms with Crippen molar-refractivity contribution in [3.05, 3.63) is 72.0 Å². The number of nitrogens with zero attached hydrogens (tertiary/aromatic N) is 2. The Morgan fingerprint density at radius 1 is 1.29 bits per heavy atom. The number of rotatable bonds is 3. The summed E-state index contributed by atoms with van der Waals surface area (Å²) >= 11 is 0. The molecular weight excluding hydrogens is 303 g/mol. The number of amidine groups is 1. The third-order valence-corrected chi connectivity index (χ3v) is 3.69. The van der Waals surface area contributed by atoms with Gasteiger partial charge in [-0.05, 0) is 50.2 Å². The normalized spacial score (nSPS) is 14.8. The van der Waals surface area contributed by atoms with Crippen molar-refractivity contribution in [3.63, 3.8) is 0 Å². The van der Waals surface area contributed by atoms with Crippen LogP contribution in [0.1, 0.15) is 26.3 Å². The van der Waals surface area contributed by atoms with E-state index >= 15 is 0 Å². The van der Waals surface area contributed by atoms with Crippen LogP contribution in [0.5, 0.6) is 0 Å². The highest BCUT2D eigenvalue weighted by atomic mass is 19.1. The maximum absolute atomic E-state index is 13.0. The Hall–Kier alpha value is -2.40. The zero-order valence-corrected chi connectivity index (χ0v) is 14.9. The van der Waals surface area contributed by atoms with Crippen molar-refractivity contribution >= 4 is 5.84 Å². The van der Waals surface area contributed by atoms with E-state index in [4.69, 9.17) is 10.7 Å². The standard InChI is InChI=1S/C17H22FN3.C2H5N/c1-11-12(2)21(5)16(17(3,4)19)20-15(11)10-13-6-8-14(18)9-7-13;1-2-3/h6-9H,2,10,19H2,1,3-5H3;2H,1,3H2. The van der Waals surface area contributed by atoms with Crippen LogP contribution in [0, 0.1) is 5.82 Å². The minimum atomic E-state index is -0.549. The predicted octanol–water partition coefficient (Wildman–Crippen LogP) is 3.33. The van der Waals surface area contributed by atoms with Crippen molar-refractivity contribution in [1.82, 2.24) is 4.90 Å². The lowest BCUT2D eigenvalue weighted by Crippen LogP contribution is -2.50. The molecule has 0 fully saturated rings. The molecule has 5 heteroatoms. The lowest BCUT2D eigenvalue weighted by atomic mass is 9.98. The summed E-state index contributed by atoms with van der Waals surface area (Å²) in [6.07, 6.45) is 1.89. The van der Waals surface area contributed by atoms with E-state index in [1.807, 2.05) is 32.7 Å². The Balaban J connectivity index is 0.000000891.